The van der Waals surface area contributed by atoms with Gasteiger partial charge in [-0.25, -0.2) is 0 Å². The van der Waals surface area contributed by atoms with Crippen molar-refractivity contribution in [1.29, 1.82) is 0 Å². The van der Waals surface area contributed by atoms with Crippen molar-refractivity contribution in [1.82, 2.24) is 4.90 Å². The molecule has 11 heavy (non-hydrogen) atoms. The molecular weight excluding hydrogens is 138 g/mol. The van der Waals surface area contributed by atoms with Crippen LogP contribution >= 0.6 is 0 Å². The second kappa shape index (κ2) is 2.32. The van der Waals surface area contributed by atoms with Crippen molar-refractivity contribution in [2.75, 3.05) is 19.6 Å². The average molecular weight is 153 g/mol. The smallest absolute Gasteiger partial charge is 0.0928 e. The Morgan fingerprint density at radius 2 is 2.18 bits per heavy atom. The maximum Gasteiger partial charge on any atom is 0.0928 e. The molecule has 2 heteroatoms. The van der Waals surface area contributed by atoms with E-state index in [9.17, 15) is 5.11 Å². The van der Waals surface area contributed by atoms with Gasteiger partial charge in [0.25, 0.3) is 0 Å². The van der Waals surface area contributed by atoms with Crippen molar-refractivity contribution in [2.45, 2.75) is 18.4 Å². The molecule has 1 aliphatic carbocycles. The quantitative estimate of drug-likeness (QED) is 0.601. The predicted octanol–water partition coefficient (Wildman–Crippen LogP) is 0.629. The van der Waals surface area contributed by atoms with Crippen molar-refractivity contribution in [3.8, 4) is 0 Å². The zero-order chi connectivity index (χ0) is 7.90. The van der Waals surface area contributed by atoms with Gasteiger partial charge in [-0.3, -0.25) is 4.90 Å². The Hall–Kier alpha value is -0.340. The van der Waals surface area contributed by atoms with E-state index in [-0.39, 0.29) is 5.60 Å². The molecule has 2 fully saturated rings. The zero-order valence-electron chi connectivity index (χ0n) is 6.79. The summed E-state index contributed by atoms with van der Waals surface area (Å²) < 4.78 is 0. The first-order chi connectivity index (χ1) is 5.24. The second-order valence-corrected chi connectivity index (χ2v) is 3.84. The van der Waals surface area contributed by atoms with Crippen LogP contribution in [0.1, 0.15) is 12.8 Å². The molecule has 2 nitrogen and oxygen atoms in total. The van der Waals surface area contributed by atoms with Gasteiger partial charge in [-0.15, -0.1) is 6.58 Å². The molecule has 0 amide bonds. The number of aliphatic hydroxyl groups is 1. The molecule has 62 valence electrons. The first-order valence-electron chi connectivity index (χ1n) is 4.30. The Morgan fingerprint density at radius 1 is 1.55 bits per heavy atom. The highest BCUT2D eigenvalue weighted by Gasteiger charge is 2.51. The molecule has 1 aliphatic heterocycles. The van der Waals surface area contributed by atoms with E-state index in [2.05, 4.69) is 11.5 Å². The molecule has 0 aromatic heterocycles. The molecular formula is C9H15NO. The molecule has 2 aliphatic rings. The van der Waals surface area contributed by atoms with E-state index in [1.807, 2.05) is 6.08 Å². The second-order valence-electron chi connectivity index (χ2n) is 3.84. The molecule has 0 radical (unpaired) electrons. The van der Waals surface area contributed by atoms with Crippen molar-refractivity contribution < 1.29 is 5.11 Å². The van der Waals surface area contributed by atoms with E-state index in [0.29, 0.717) is 5.92 Å². The van der Waals surface area contributed by atoms with Crippen LogP contribution in [0, 0.1) is 5.92 Å². The van der Waals surface area contributed by atoms with Crippen LogP contribution in [0.4, 0.5) is 0 Å². The number of hydrogen-bond donors (Lipinski definition) is 1. The molecule has 1 saturated heterocycles. The summed E-state index contributed by atoms with van der Waals surface area (Å²) in [7, 11) is 0. The molecule has 0 atom stereocenters. The van der Waals surface area contributed by atoms with E-state index < -0.39 is 0 Å². The Kier molecular flexibility index (Phi) is 1.55. The molecule has 0 spiro atoms. The Morgan fingerprint density at radius 3 is 2.64 bits per heavy atom. The fourth-order valence-corrected chi connectivity index (χ4v) is 1.92. The fraction of sp³-hybridized carbons (Fsp3) is 0.778. The molecule has 1 N–H and O–H groups in total. The minimum Gasteiger partial charge on any atom is -0.387 e. The summed E-state index contributed by atoms with van der Waals surface area (Å²) in [5.41, 5.74) is -0.316. The standard InChI is InChI=1S/C9H15NO/c1-2-5-10-6-9(11,7-10)8-3-4-8/h2,8,11H,1,3-7H2. The maximum atomic E-state index is 9.87. The molecule has 0 aromatic rings. The van der Waals surface area contributed by atoms with Gasteiger partial charge in [-0.1, -0.05) is 6.08 Å². The van der Waals surface area contributed by atoms with Gasteiger partial charge in [0.05, 0.1) is 5.60 Å². The molecule has 2 rings (SSSR count). The maximum absolute atomic E-state index is 9.87. The summed E-state index contributed by atoms with van der Waals surface area (Å²) in [6.07, 6.45) is 4.36. The van der Waals surface area contributed by atoms with Gasteiger partial charge in [0, 0.05) is 19.6 Å². The van der Waals surface area contributed by atoms with Gasteiger partial charge < -0.3 is 5.11 Å². The van der Waals surface area contributed by atoms with Crippen LogP contribution in [0.2, 0.25) is 0 Å². The van der Waals surface area contributed by atoms with Crippen molar-refractivity contribution >= 4 is 0 Å². The fourth-order valence-electron chi connectivity index (χ4n) is 1.92. The number of β-amino-alcohol motifs (C(OH)–C–C–N with tert-alkyl or cyclic N) is 1. The van der Waals surface area contributed by atoms with Crippen LogP contribution in [-0.2, 0) is 0 Å². The van der Waals surface area contributed by atoms with Crippen molar-refractivity contribution in [3.63, 3.8) is 0 Å². The minimum absolute atomic E-state index is 0.316. The van der Waals surface area contributed by atoms with Gasteiger partial charge in [0.1, 0.15) is 0 Å². The van der Waals surface area contributed by atoms with Gasteiger partial charge in [-0.2, -0.15) is 0 Å². The summed E-state index contributed by atoms with van der Waals surface area (Å²) in [6, 6.07) is 0. The average Bonchev–Trinajstić information content (AvgIpc) is 2.65. The first kappa shape index (κ1) is 7.32. The van der Waals surface area contributed by atoms with E-state index in [1.54, 1.807) is 0 Å². The lowest BCUT2D eigenvalue weighted by Crippen LogP contribution is -2.62. The molecule has 1 saturated carbocycles. The lowest BCUT2D eigenvalue weighted by Gasteiger charge is -2.46. The van der Waals surface area contributed by atoms with Crippen LogP contribution in [0.5, 0.6) is 0 Å². The summed E-state index contributed by atoms with van der Waals surface area (Å²) >= 11 is 0. The Labute approximate surface area is 67.5 Å². The van der Waals surface area contributed by atoms with Gasteiger partial charge in [-0.05, 0) is 18.8 Å². The highest BCUT2D eigenvalue weighted by Crippen LogP contribution is 2.44. The van der Waals surface area contributed by atoms with Gasteiger partial charge in [0.15, 0.2) is 0 Å². The lowest BCUT2D eigenvalue weighted by molar-refractivity contribution is -0.108. The van der Waals surface area contributed by atoms with Gasteiger partial charge in [0.2, 0.25) is 0 Å². The third-order valence-corrected chi connectivity index (χ3v) is 2.72. The zero-order valence-corrected chi connectivity index (χ0v) is 6.79. The van der Waals surface area contributed by atoms with E-state index in [0.717, 1.165) is 19.6 Å². The van der Waals surface area contributed by atoms with Crippen LogP contribution in [0.3, 0.4) is 0 Å². The topological polar surface area (TPSA) is 23.5 Å². The number of nitrogens with zero attached hydrogens (tertiary/aromatic N) is 1. The predicted molar refractivity (Wildman–Crippen MR) is 44.3 cm³/mol. The SMILES string of the molecule is C=CCN1CC(O)(C2CC2)C1. The summed E-state index contributed by atoms with van der Waals surface area (Å²) in [4.78, 5) is 2.23. The monoisotopic (exact) mass is 153 g/mol. The van der Waals surface area contributed by atoms with Crippen LogP contribution in [0.25, 0.3) is 0 Å². The van der Waals surface area contributed by atoms with E-state index in [1.165, 1.54) is 12.8 Å². The molecule has 0 bridgehead atoms. The highest BCUT2D eigenvalue weighted by molar-refractivity contribution is 5.06. The third-order valence-electron chi connectivity index (χ3n) is 2.72. The van der Waals surface area contributed by atoms with Gasteiger partial charge >= 0.3 is 0 Å². The number of likely N-dealkylation sites (tertiary alicyclic amines) is 1. The largest absolute Gasteiger partial charge is 0.387 e. The Balaban J connectivity index is 1.80. The van der Waals surface area contributed by atoms with Crippen molar-refractivity contribution in [3.05, 3.63) is 12.7 Å². The van der Waals surface area contributed by atoms with Crippen LogP contribution < -0.4 is 0 Å². The summed E-state index contributed by atoms with van der Waals surface area (Å²) in [6.45, 7) is 6.32. The van der Waals surface area contributed by atoms with E-state index >= 15 is 0 Å². The number of hydrogen-bond acceptors (Lipinski definition) is 2. The third kappa shape index (κ3) is 1.21. The van der Waals surface area contributed by atoms with Crippen LogP contribution in [0.15, 0.2) is 12.7 Å². The minimum atomic E-state index is -0.316. The lowest BCUT2D eigenvalue weighted by atomic mass is 9.89. The molecule has 0 aromatic carbocycles. The van der Waals surface area contributed by atoms with Crippen LogP contribution in [-0.4, -0.2) is 35.2 Å². The Bertz CT molecular complexity index is 168. The molecule has 0 unspecified atom stereocenters. The van der Waals surface area contributed by atoms with Crippen molar-refractivity contribution in [2.24, 2.45) is 5.92 Å². The normalized spacial score (nSPS) is 29.5. The highest BCUT2D eigenvalue weighted by atomic mass is 16.3. The number of rotatable bonds is 3. The molecule has 1 heterocycles. The summed E-state index contributed by atoms with van der Waals surface area (Å²) in [5, 5.41) is 9.87. The van der Waals surface area contributed by atoms with E-state index in [4.69, 9.17) is 0 Å². The summed E-state index contributed by atoms with van der Waals surface area (Å²) in [5.74, 6) is 0.614. The first-order valence-corrected chi connectivity index (χ1v) is 4.30.